The Kier molecular flexibility index (Phi) is 5.51. The number of nitrogens with two attached hydrogens (primary N) is 1. The van der Waals surface area contributed by atoms with E-state index in [1.807, 2.05) is 0 Å². The van der Waals surface area contributed by atoms with E-state index in [1.165, 1.54) is 25.1 Å². The van der Waals surface area contributed by atoms with E-state index in [2.05, 4.69) is 14.7 Å². The first-order chi connectivity index (χ1) is 7.63. The predicted octanol–water partition coefficient (Wildman–Crippen LogP) is 0.864. The van der Waals surface area contributed by atoms with E-state index in [0.29, 0.717) is 16.7 Å². The zero-order chi connectivity index (χ0) is 12.0. The molecule has 5 nitrogen and oxygen atoms in total. The summed E-state index contributed by atoms with van der Waals surface area (Å²) in [6.07, 6.45) is 3.08. The van der Waals surface area contributed by atoms with Gasteiger partial charge in [0.2, 0.25) is 0 Å². The van der Waals surface area contributed by atoms with E-state index in [0.717, 1.165) is 5.69 Å². The lowest BCUT2D eigenvalue weighted by atomic mass is 10.4. The maximum absolute atomic E-state index is 11.0. The number of halogens is 1. The third kappa shape index (κ3) is 4.34. The van der Waals surface area contributed by atoms with E-state index in [9.17, 15) is 4.79 Å². The van der Waals surface area contributed by atoms with Gasteiger partial charge in [-0.25, -0.2) is 4.98 Å². The molecule has 0 saturated heterocycles. The van der Waals surface area contributed by atoms with E-state index in [-0.39, 0.29) is 0 Å². The van der Waals surface area contributed by atoms with E-state index < -0.39 is 12.0 Å². The van der Waals surface area contributed by atoms with Crippen LogP contribution in [0.4, 0.5) is 0 Å². The van der Waals surface area contributed by atoms with Crippen molar-refractivity contribution >= 4 is 29.3 Å². The number of carbonyl (C=O) groups is 1. The molecule has 7 heteroatoms. The Bertz CT molecular complexity index is 347. The van der Waals surface area contributed by atoms with Crippen LogP contribution in [-0.4, -0.2) is 34.8 Å². The van der Waals surface area contributed by atoms with E-state index >= 15 is 0 Å². The van der Waals surface area contributed by atoms with E-state index in [4.69, 9.17) is 17.3 Å². The van der Waals surface area contributed by atoms with Gasteiger partial charge in [-0.15, -0.1) is 0 Å². The molecule has 0 amide bonds. The normalized spacial score (nSPS) is 12.2. The second-order valence-electron chi connectivity index (χ2n) is 2.98. The average Bonchev–Trinajstić information content (AvgIpc) is 2.30. The molecular weight excluding hydrogens is 250 g/mol. The van der Waals surface area contributed by atoms with Gasteiger partial charge in [-0.1, -0.05) is 11.6 Å². The fourth-order valence-corrected chi connectivity index (χ4v) is 1.89. The molecule has 1 heterocycles. The molecule has 1 atom stereocenters. The SMILES string of the molecule is COC(=O)C(N)CSCc1cnc(Cl)cn1. The summed E-state index contributed by atoms with van der Waals surface area (Å²) in [4.78, 5) is 19.0. The van der Waals surface area contributed by atoms with Gasteiger partial charge in [0.1, 0.15) is 11.2 Å². The van der Waals surface area contributed by atoms with Crippen molar-refractivity contribution in [3.63, 3.8) is 0 Å². The van der Waals surface area contributed by atoms with Crippen molar-refractivity contribution in [3.8, 4) is 0 Å². The van der Waals surface area contributed by atoms with E-state index in [1.54, 1.807) is 6.20 Å². The van der Waals surface area contributed by atoms with Crippen molar-refractivity contribution in [2.45, 2.75) is 11.8 Å². The van der Waals surface area contributed by atoms with Crippen LogP contribution in [0.1, 0.15) is 5.69 Å². The van der Waals surface area contributed by atoms with Crippen molar-refractivity contribution < 1.29 is 9.53 Å². The Morgan fingerprint density at radius 3 is 2.94 bits per heavy atom. The third-order valence-corrected chi connectivity index (χ3v) is 3.01. The Labute approximate surface area is 103 Å². The van der Waals surface area contributed by atoms with Gasteiger partial charge in [-0.3, -0.25) is 9.78 Å². The zero-order valence-electron chi connectivity index (χ0n) is 8.72. The first kappa shape index (κ1) is 13.2. The van der Waals surface area contributed by atoms with Gasteiger partial charge in [-0.2, -0.15) is 11.8 Å². The average molecular weight is 262 g/mol. The molecule has 1 aromatic rings. The van der Waals surface area contributed by atoms with Crippen molar-refractivity contribution in [1.82, 2.24) is 9.97 Å². The molecule has 0 fully saturated rings. The molecule has 0 aliphatic carbocycles. The van der Waals surface area contributed by atoms with Crippen molar-refractivity contribution in [3.05, 3.63) is 23.2 Å². The molecule has 88 valence electrons. The molecule has 2 N–H and O–H groups in total. The number of ether oxygens (including phenoxy) is 1. The highest BCUT2D eigenvalue weighted by Crippen LogP contribution is 2.11. The Morgan fingerprint density at radius 2 is 2.38 bits per heavy atom. The summed E-state index contributed by atoms with van der Waals surface area (Å²) < 4.78 is 4.51. The number of carbonyl (C=O) groups excluding carboxylic acids is 1. The van der Waals surface area contributed by atoms with Crippen LogP contribution in [0, 0.1) is 0 Å². The molecule has 0 bridgehead atoms. The monoisotopic (exact) mass is 261 g/mol. The molecule has 0 aliphatic rings. The predicted molar refractivity (Wildman–Crippen MR) is 63.2 cm³/mol. The lowest BCUT2D eigenvalue weighted by Gasteiger charge is -2.07. The van der Waals surface area contributed by atoms with Crippen LogP contribution in [0.15, 0.2) is 12.4 Å². The topological polar surface area (TPSA) is 78.1 Å². The zero-order valence-corrected chi connectivity index (χ0v) is 10.3. The molecule has 0 radical (unpaired) electrons. The largest absolute Gasteiger partial charge is 0.468 e. The summed E-state index contributed by atoms with van der Waals surface area (Å²) in [7, 11) is 1.32. The molecule has 1 rings (SSSR count). The Morgan fingerprint density at radius 1 is 1.62 bits per heavy atom. The van der Waals surface area contributed by atoms with Gasteiger partial charge in [0, 0.05) is 11.5 Å². The van der Waals surface area contributed by atoms with Crippen LogP contribution in [0.5, 0.6) is 0 Å². The Hall–Kier alpha value is -0.850. The second-order valence-corrected chi connectivity index (χ2v) is 4.39. The highest BCUT2D eigenvalue weighted by molar-refractivity contribution is 7.98. The van der Waals surface area contributed by atoms with Gasteiger partial charge < -0.3 is 10.5 Å². The molecular formula is C9H12ClN3O2S. The lowest BCUT2D eigenvalue weighted by Crippen LogP contribution is -2.33. The van der Waals surface area contributed by atoms with Gasteiger partial charge in [0.25, 0.3) is 0 Å². The summed E-state index contributed by atoms with van der Waals surface area (Å²) in [6, 6.07) is -0.602. The van der Waals surface area contributed by atoms with Crippen molar-refractivity contribution in [1.29, 1.82) is 0 Å². The first-order valence-electron chi connectivity index (χ1n) is 4.51. The number of aromatic nitrogens is 2. The van der Waals surface area contributed by atoms with Gasteiger partial charge in [-0.05, 0) is 0 Å². The molecule has 0 spiro atoms. The number of methoxy groups -OCH3 is 1. The molecule has 16 heavy (non-hydrogen) atoms. The summed E-state index contributed by atoms with van der Waals surface area (Å²) in [5.41, 5.74) is 6.36. The molecule has 0 aliphatic heterocycles. The van der Waals surface area contributed by atoms with Crippen LogP contribution in [0.25, 0.3) is 0 Å². The number of thioether (sulfide) groups is 1. The smallest absolute Gasteiger partial charge is 0.323 e. The minimum Gasteiger partial charge on any atom is -0.468 e. The van der Waals surface area contributed by atoms with Crippen molar-refractivity contribution in [2.24, 2.45) is 5.73 Å². The van der Waals surface area contributed by atoms with Crippen LogP contribution >= 0.6 is 23.4 Å². The number of hydrogen-bond acceptors (Lipinski definition) is 6. The lowest BCUT2D eigenvalue weighted by molar-refractivity contribution is -0.141. The number of rotatable bonds is 5. The van der Waals surface area contributed by atoms with Gasteiger partial charge >= 0.3 is 5.97 Å². The fraction of sp³-hybridized carbons (Fsp3) is 0.444. The van der Waals surface area contributed by atoms with Crippen LogP contribution in [-0.2, 0) is 15.3 Å². The summed E-state index contributed by atoms with van der Waals surface area (Å²) >= 11 is 7.09. The van der Waals surface area contributed by atoms with Crippen LogP contribution in [0.3, 0.4) is 0 Å². The molecule has 0 saturated carbocycles. The maximum Gasteiger partial charge on any atom is 0.323 e. The minimum atomic E-state index is -0.602. The minimum absolute atomic E-state index is 0.361. The number of nitrogens with zero attached hydrogens (tertiary/aromatic N) is 2. The molecule has 1 unspecified atom stereocenters. The summed E-state index contributed by atoms with van der Waals surface area (Å²) in [6.45, 7) is 0. The van der Waals surface area contributed by atoms with Crippen molar-refractivity contribution in [2.75, 3.05) is 12.9 Å². The van der Waals surface area contributed by atoms with Gasteiger partial charge in [0.15, 0.2) is 0 Å². The standard InChI is InChI=1S/C9H12ClN3O2S/c1-15-9(14)7(11)5-16-4-6-2-13-8(10)3-12-6/h2-3,7H,4-5,11H2,1H3. The third-order valence-electron chi connectivity index (χ3n) is 1.73. The fourth-order valence-electron chi connectivity index (χ4n) is 0.923. The second kappa shape index (κ2) is 6.67. The Balaban J connectivity index is 2.30. The maximum atomic E-state index is 11.0. The summed E-state index contributed by atoms with van der Waals surface area (Å²) in [5, 5.41) is 0.361. The molecule has 1 aromatic heterocycles. The molecule has 0 aromatic carbocycles. The van der Waals surface area contributed by atoms with Crippen LogP contribution < -0.4 is 5.73 Å². The highest BCUT2D eigenvalue weighted by atomic mass is 35.5. The quantitative estimate of drug-likeness (QED) is 0.793. The number of esters is 1. The number of hydrogen-bond donors (Lipinski definition) is 1. The van der Waals surface area contributed by atoms with Crippen LogP contribution in [0.2, 0.25) is 5.15 Å². The first-order valence-corrected chi connectivity index (χ1v) is 6.04. The van der Waals surface area contributed by atoms with Gasteiger partial charge in [0.05, 0.1) is 25.2 Å². The summed E-state index contributed by atoms with van der Waals surface area (Å²) in [5.74, 6) is 0.709. The highest BCUT2D eigenvalue weighted by Gasteiger charge is 2.13.